The topological polar surface area (TPSA) is 101 Å². The van der Waals surface area contributed by atoms with Crippen LogP contribution in [0.5, 0.6) is 0 Å². The van der Waals surface area contributed by atoms with E-state index in [0.717, 1.165) is 0 Å². The molecule has 0 unspecified atom stereocenters. The lowest BCUT2D eigenvalue weighted by molar-refractivity contribution is -0.385. The summed E-state index contributed by atoms with van der Waals surface area (Å²) in [6, 6.07) is 10.7. The predicted octanol–water partition coefficient (Wildman–Crippen LogP) is 3.78. The van der Waals surface area contributed by atoms with Crippen molar-refractivity contribution in [3.05, 3.63) is 63.2 Å². The molecule has 2 amide bonds. The van der Waals surface area contributed by atoms with Gasteiger partial charge in [0, 0.05) is 23.7 Å². The minimum absolute atomic E-state index is 0.118. The van der Waals surface area contributed by atoms with Gasteiger partial charge in [0.15, 0.2) is 0 Å². The number of hydrogen-bond donors (Lipinski definition) is 2. The van der Waals surface area contributed by atoms with Crippen molar-refractivity contribution in [2.45, 2.75) is 19.8 Å². The molecule has 0 aromatic heterocycles. The maximum atomic E-state index is 12.2. The number of rotatable bonds is 6. The number of halogens is 1. The summed E-state index contributed by atoms with van der Waals surface area (Å²) < 4.78 is 0. The normalized spacial score (nSPS) is 10.2. The fourth-order valence-electron chi connectivity index (χ4n) is 2.15. The molecule has 8 heteroatoms. The van der Waals surface area contributed by atoms with Gasteiger partial charge in [-0.1, -0.05) is 36.7 Å². The second-order valence-electron chi connectivity index (χ2n) is 5.21. The number of hydrogen-bond acceptors (Lipinski definition) is 4. The van der Waals surface area contributed by atoms with Gasteiger partial charge in [0.2, 0.25) is 11.8 Å². The summed E-state index contributed by atoms with van der Waals surface area (Å²) in [6.07, 6.45) is 0.154. The number of benzene rings is 2. The highest BCUT2D eigenvalue weighted by Crippen LogP contribution is 2.26. The van der Waals surface area contributed by atoms with Crippen molar-refractivity contribution < 1.29 is 14.5 Å². The van der Waals surface area contributed by atoms with Crippen LogP contribution < -0.4 is 10.6 Å². The molecule has 0 saturated carbocycles. The number of para-hydroxylation sites is 1. The van der Waals surface area contributed by atoms with E-state index >= 15 is 0 Å². The first kappa shape index (κ1) is 18.4. The summed E-state index contributed by atoms with van der Waals surface area (Å²) in [7, 11) is 0. The predicted molar refractivity (Wildman–Crippen MR) is 95.8 cm³/mol. The number of carbonyl (C=O) groups is 2. The minimum Gasteiger partial charge on any atom is -0.326 e. The maximum Gasteiger partial charge on any atom is 0.273 e. The van der Waals surface area contributed by atoms with Gasteiger partial charge in [-0.3, -0.25) is 19.7 Å². The van der Waals surface area contributed by atoms with Crippen molar-refractivity contribution in [2.24, 2.45) is 0 Å². The number of nitrogens with zero attached hydrogens (tertiary/aromatic N) is 1. The van der Waals surface area contributed by atoms with Gasteiger partial charge in [0.1, 0.15) is 0 Å². The van der Waals surface area contributed by atoms with Gasteiger partial charge < -0.3 is 10.6 Å². The largest absolute Gasteiger partial charge is 0.326 e. The van der Waals surface area contributed by atoms with Crippen molar-refractivity contribution in [2.75, 3.05) is 10.6 Å². The number of nitrogens with one attached hydrogen (secondary N) is 2. The van der Waals surface area contributed by atoms with Gasteiger partial charge in [-0.05, 0) is 18.2 Å². The lowest BCUT2D eigenvalue weighted by Gasteiger charge is -2.10. The van der Waals surface area contributed by atoms with E-state index in [0.29, 0.717) is 28.4 Å². The van der Waals surface area contributed by atoms with E-state index in [1.165, 1.54) is 24.3 Å². The second kappa shape index (κ2) is 8.25. The molecular weight excluding hydrogens is 346 g/mol. The number of amides is 2. The van der Waals surface area contributed by atoms with E-state index in [4.69, 9.17) is 11.6 Å². The lowest BCUT2D eigenvalue weighted by atomic mass is 10.1. The van der Waals surface area contributed by atoms with Gasteiger partial charge in [0.05, 0.1) is 22.1 Å². The minimum atomic E-state index is -0.531. The summed E-state index contributed by atoms with van der Waals surface area (Å²) >= 11 is 6.06. The van der Waals surface area contributed by atoms with Crippen LogP contribution in [0.15, 0.2) is 42.5 Å². The quantitative estimate of drug-likeness (QED) is 0.603. The fraction of sp³-hybridized carbons (Fsp3) is 0.176. The average Bonchev–Trinajstić information content (AvgIpc) is 2.58. The molecular formula is C17H16ClN3O4. The molecule has 0 saturated heterocycles. The SMILES string of the molecule is CCC(=O)Nc1ccc(Cl)c(NC(=O)Cc2ccccc2[N+](=O)[O-])c1. The van der Waals surface area contributed by atoms with Gasteiger partial charge >= 0.3 is 0 Å². The lowest BCUT2D eigenvalue weighted by Crippen LogP contribution is -2.16. The van der Waals surface area contributed by atoms with E-state index in [1.807, 2.05) is 0 Å². The van der Waals surface area contributed by atoms with Crippen LogP contribution in [-0.2, 0) is 16.0 Å². The highest BCUT2D eigenvalue weighted by atomic mass is 35.5. The fourth-order valence-corrected chi connectivity index (χ4v) is 2.32. The van der Waals surface area contributed by atoms with E-state index in [9.17, 15) is 19.7 Å². The maximum absolute atomic E-state index is 12.2. The van der Waals surface area contributed by atoms with Crippen molar-refractivity contribution >= 4 is 40.5 Å². The Morgan fingerprint density at radius 1 is 1.12 bits per heavy atom. The van der Waals surface area contributed by atoms with E-state index in [1.54, 1.807) is 25.1 Å². The first-order valence-electron chi connectivity index (χ1n) is 7.52. The molecule has 0 aliphatic carbocycles. The zero-order valence-electron chi connectivity index (χ0n) is 13.4. The van der Waals surface area contributed by atoms with Gasteiger partial charge in [0.25, 0.3) is 5.69 Å². The average molecular weight is 362 g/mol. The number of nitro benzene ring substituents is 1. The smallest absolute Gasteiger partial charge is 0.273 e. The Bertz CT molecular complexity index is 823. The standard InChI is InChI=1S/C17H16ClN3O4/c1-2-16(22)19-12-7-8-13(18)14(10-12)20-17(23)9-11-5-3-4-6-15(11)21(24)25/h3-8,10H,2,9H2,1H3,(H,19,22)(H,20,23). The Labute approximate surface area is 149 Å². The summed E-state index contributed by atoms with van der Waals surface area (Å²) in [5, 5.41) is 16.6. The Kier molecular flexibility index (Phi) is 6.08. The molecule has 0 atom stereocenters. The molecule has 0 radical (unpaired) electrons. The molecule has 2 rings (SSSR count). The zero-order chi connectivity index (χ0) is 18.4. The Morgan fingerprint density at radius 2 is 1.84 bits per heavy atom. The summed E-state index contributed by atoms with van der Waals surface area (Å²) in [5.74, 6) is -0.616. The first-order valence-corrected chi connectivity index (χ1v) is 7.90. The molecule has 0 spiro atoms. The highest BCUT2D eigenvalue weighted by molar-refractivity contribution is 6.33. The molecule has 2 aromatic carbocycles. The highest BCUT2D eigenvalue weighted by Gasteiger charge is 2.16. The zero-order valence-corrected chi connectivity index (χ0v) is 14.2. The van der Waals surface area contributed by atoms with Crippen LogP contribution in [-0.4, -0.2) is 16.7 Å². The molecule has 0 aliphatic heterocycles. The Balaban J connectivity index is 2.14. The molecule has 0 bridgehead atoms. The van der Waals surface area contributed by atoms with Crippen LogP contribution in [0.1, 0.15) is 18.9 Å². The van der Waals surface area contributed by atoms with Crippen LogP contribution in [0.4, 0.5) is 17.1 Å². The molecule has 7 nitrogen and oxygen atoms in total. The van der Waals surface area contributed by atoms with Gasteiger partial charge in [-0.2, -0.15) is 0 Å². The van der Waals surface area contributed by atoms with E-state index in [-0.39, 0.29) is 18.0 Å². The third-order valence-corrected chi connectivity index (χ3v) is 3.71. The molecule has 2 aromatic rings. The Hall–Kier alpha value is -2.93. The third kappa shape index (κ3) is 5.02. The number of carbonyl (C=O) groups excluding carboxylic acids is 2. The molecule has 0 aliphatic rings. The van der Waals surface area contributed by atoms with Crippen LogP contribution in [0, 0.1) is 10.1 Å². The molecule has 2 N–H and O–H groups in total. The summed E-state index contributed by atoms with van der Waals surface area (Å²) in [4.78, 5) is 34.1. The number of anilines is 2. The summed E-state index contributed by atoms with van der Waals surface area (Å²) in [6.45, 7) is 1.72. The molecule has 0 heterocycles. The van der Waals surface area contributed by atoms with Crippen LogP contribution in [0.2, 0.25) is 5.02 Å². The third-order valence-electron chi connectivity index (χ3n) is 3.38. The monoisotopic (exact) mass is 361 g/mol. The van der Waals surface area contributed by atoms with Crippen molar-refractivity contribution in [3.63, 3.8) is 0 Å². The van der Waals surface area contributed by atoms with Crippen LogP contribution in [0.3, 0.4) is 0 Å². The molecule has 25 heavy (non-hydrogen) atoms. The van der Waals surface area contributed by atoms with Crippen molar-refractivity contribution in [1.82, 2.24) is 0 Å². The van der Waals surface area contributed by atoms with Gasteiger partial charge in [-0.15, -0.1) is 0 Å². The van der Waals surface area contributed by atoms with E-state index < -0.39 is 10.8 Å². The molecule has 130 valence electrons. The van der Waals surface area contributed by atoms with Crippen molar-refractivity contribution in [1.29, 1.82) is 0 Å². The molecule has 0 fully saturated rings. The van der Waals surface area contributed by atoms with Crippen LogP contribution in [0.25, 0.3) is 0 Å². The van der Waals surface area contributed by atoms with Crippen LogP contribution >= 0.6 is 11.6 Å². The second-order valence-corrected chi connectivity index (χ2v) is 5.61. The van der Waals surface area contributed by atoms with Gasteiger partial charge in [-0.25, -0.2) is 0 Å². The summed E-state index contributed by atoms with van der Waals surface area (Å²) in [5.41, 5.74) is 1.00. The van der Waals surface area contributed by atoms with Crippen molar-refractivity contribution in [3.8, 4) is 0 Å². The first-order chi connectivity index (χ1) is 11.9. The Morgan fingerprint density at radius 3 is 2.52 bits per heavy atom. The van der Waals surface area contributed by atoms with E-state index in [2.05, 4.69) is 10.6 Å². The number of nitro groups is 1.